The first-order valence-electron chi connectivity index (χ1n) is 5.94. The normalized spacial score (nSPS) is 14.8. The Morgan fingerprint density at radius 2 is 2.10 bits per heavy atom. The Hall–Kier alpha value is -1.80. The SMILES string of the molecule is Cc1[nH]c(=O)sc1S(=O)(=O)N1CCOc2ccccc21. The predicted molar refractivity (Wildman–Crippen MR) is 76.1 cm³/mol. The first-order chi connectivity index (χ1) is 9.50. The topological polar surface area (TPSA) is 79.5 Å². The Morgan fingerprint density at radius 3 is 2.80 bits per heavy atom. The van der Waals surface area contributed by atoms with Gasteiger partial charge in [0.1, 0.15) is 12.4 Å². The molecule has 3 rings (SSSR count). The number of ether oxygens (including phenoxy) is 1. The highest BCUT2D eigenvalue weighted by Crippen LogP contribution is 2.35. The monoisotopic (exact) mass is 312 g/mol. The van der Waals surface area contributed by atoms with E-state index in [4.69, 9.17) is 4.74 Å². The van der Waals surface area contributed by atoms with Gasteiger partial charge in [0.05, 0.1) is 12.2 Å². The van der Waals surface area contributed by atoms with E-state index in [9.17, 15) is 13.2 Å². The molecule has 1 N–H and O–H groups in total. The summed E-state index contributed by atoms with van der Waals surface area (Å²) in [6, 6.07) is 6.96. The van der Waals surface area contributed by atoms with Crippen molar-refractivity contribution in [1.29, 1.82) is 0 Å². The minimum Gasteiger partial charge on any atom is -0.489 e. The van der Waals surface area contributed by atoms with E-state index in [-0.39, 0.29) is 22.2 Å². The molecule has 0 radical (unpaired) electrons. The molecule has 0 bridgehead atoms. The van der Waals surface area contributed by atoms with Gasteiger partial charge in [-0.3, -0.25) is 9.10 Å². The van der Waals surface area contributed by atoms with Crippen LogP contribution >= 0.6 is 11.3 Å². The van der Waals surface area contributed by atoms with Gasteiger partial charge in [-0.25, -0.2) is 8.42 Å². The highest BCUT2D eigenvalue weighted by molar-refractivity contribution is 7.94. The summed E-state index contributed by atoms with van der Waals surface area (Å²) in [4.78, 5) is 13.5. The molecule has 2 aromatic rings. The summed E-state index contributed by atoms with van der Waals surface area (Å²) in [7, 11) is -3.74. The van der Waals surface area contributed by atoms with E-state index in [1.165, 1.54) is 4.31 Å². The van der Waals surface area contributed by atoms with Gasteiger partial charge in [0.25, 0.3) is 10.0 Å². The van der Waals surface area contributed by atoms with Crippen molar-refractivity contribution in [3.63, 3.8) is 0 Å². The summed E-state index contributed by atoms with van der Waals surface area (Å²) in [5.41, 5.74) is 0.864. The Balaban J connectivity index is 2.14. The average Bonchev–Trinajstić information content (AvgIpc) is 2.78. The number of aryl methyl sites for hydroxylation is 1. The predicted octanol–water partition coefficient (Wildman–Crippen LogP) is 1.33. The fourth-order valence-corrected chi connectivity index (χ4v) is 4.99. The second-order valence-corrected chi connectivity index (χ2v) is 7.36. The van der Waals surface area contributed by atoms with Crippen molar-refractivity contribution in [3.8, 4) is 5.75 Å². The quantitative estimate of drug-likeness (QED) is 0.907. The number of hydrogen-bond donors (Lipinski definition) is 1. The lowest BCUT2D eigenvalue weighted by Gasteiger charge is -2.29. The van der Waals surface area contributed by atoms with Crippen molar-refractivity contribution in [2.75, 3.05) is 17.5 Å². The molecule has 0 aliphatic carbocycles. The summed E-state index contributed by atoms with van der Waals surface area (Å²) in [6.07, 6.45) is 0. The summed E-state index contributed by atoms with van der Waals surface area (Å²) < 4.78 is 32.2. The highest BCUT2D eigenvalue weighted by Gasteiger charge is 2.32. The van der Waals surface area contributed by atoms with E-state index < -0.39 is 10.0 Å². The van der Waals surface area contributed by atoms with Crippen LogP contribution in [0.2, 0.25) is 0 Å². The molecule has 1 aliphatic heterocycles. The minimum atomic E-state index is -3.74. The number of aromatic nitrogens is 1. The second-order valence-electron chi connectivity index (χ2n) is 4.32. The minimum absolute atomic E-state index is 0.0548. The van der Waals surface area contributed by atoms with Crippen molar-refractivity contribution >= 4 is 27.0 Å². The van der Waals surface area contributed by atoms with Gasteiger partial charge in [0.15, 0.2) is 4.21 Å². The van der Waals surface area contributed by atoms with Crippen molar-refractivity contribution in [2.45, 2.75) is 11.1 Å². The maximum Gasteiger partial charge on any atom is 0.306 e. The molecule has 1 aromatic carbocycles. The fourth-order valence-electron chi connectivity index (χ4n) is 2.13. The molecular formula is C12H12N2O4S2. The van der Waals surface area contributed by atoms with Gasteiger partial charge in [-0.2, -0.15) is 0 Å². The van der Waals surface area contributed by atoms with Crippen LogP contribution in [-0.2, 0) is 10.0 Å². The number of para-hydroxylation sites is 2. The average molecular weight is 312 g/mol. The fraction of sp³-hybridized carbons (Fsp3) is 0.250. The van der Waals surface area contributed by atoms with Crippen LogP contribution < -0.4 is 13.9 Å². The van der Waals surface area contributed by atoms with Crippen LogP contribution in [0.25, 0.3) is 0 Å². The molecule has 106 valence electrons. The van der Waals surface area contributed by atoms with Crippen molar-refractivity contribution in [2.24, 2.45) is 0 Å². The molecule has 0 saturated carbocycles. The van der Waals surface area contributed by atoms with Gasteiger partial charge in [-0.1, -0.05) is 23.5 Å². The molecule has 1 aromatic heterocycles. The number of thiazole rings is 1. The Kier molecular flexibility index (Phi) is 3.06. The van der Waals surface area contributed by atoms with Gasteiger partial charge >= 0.3 is 4.87 Å². The number of aromatic amines is 1. The van der Waals surface area contributed by atoms with E-state index in [1.807, 2.05) is 0 Å². The van der Waals surface area contributed by atoms with Crippen LogP contribution in [0, 0.1) is 6.92 Å². The van der Waals surface area contributed by atoms with E-state index in [1.54, 1.807) is 31.2 Å². The molecule has 2 heterocycles. The molecule has 0 amide bonds. The maximum atomic E-state index is 12.7. The van der Waals surface area contributed by atoms with Crippen molar-refractivity contribution < 1.29 is 13.2 Å². The first kappa shape index (κ1) is 13.2. The summed E-state index contributed by atoms with van der Waals surface area (Å²) in [6.45, 7) is 2.09. The maximum absolute atomic E-state index is 12.7. The Morgan fingerprint density at radius 1 is 1.35 bits per heavy atom. The molecule has 20 heavy (non-hydrogen) atoms. The third-order valence-corrected chi connectivity index (χ3v) is 6.39. The van der Waals surface area contributed by atoms with Gasteiger partial charge in [0.2, 0.25) is 0 Å². The van der Waals surface area contributed by atoms with Crippen molar-refractivity contribution in [3.05, 3.63) is 39.6 Å². The van der Waals surface area contributed by atoms with E-state index in [0.717, 1.165) is 0 Å². The van der Waals surface area contributed by atoms with Gasteiger partial charge in [-0.15, -0.1) is 0 Å². The number of H-pyrrole nitrogens is 1. The number of nitrogens with one attached hydrogen (secondary N) is 1. The van der Waals surface area contributed by atoms with Crippen LogP contribution in [-0.4, -0.2) is 26.6 Å². The number of sulfonamides is 1. The van der Waals surface area contributed by atoms with Gasteiger partial charge in [-0.05, 0) is 19.1 Å². The Labute approximate surface area is 119 Å². The number of rotatable bonds is 2. The number of fused-ring (bicyclic) bond motifs is 1. The van der Waals surface area contributed by atoms with Crippen LogP contribution in [0.4, 0.5) is 5.69 Å². The molecule has 0 atom stereocenters. The largest absolute Gasteiger partial charge is 0.489 e. The second kappa shape index (κ2) is 4.64. The van der Waals surface area contributed by atoms with Crippen LogP contribution in [0.3, 0.4) is 0 Å². The molecule has 0 saturated heterocycles. The van der Waals surface area contributed by atoms with Crippen LogP contribution in [0.15, 0.2) is 33.3 Å². The highest BCUT2D eigenvalue weighted by atomic mass is 32.2. The van der Waals surface area contributed by atoms with Gasteiger partial charge in [0, 0.05) is 5.69 Å². The molecular weight excluding hydrogens is 300 g/mol. The molecule has 0 fully saturated rings. The standard InChI is InChI=1S/C12H12N2O4S2/c1-8-11(19-12(15)13-8)20(16,17)14-6-7-18-10-5-3-2-4-9(10)14/h2-5H,6-7H2,1H3,(H,13,15). The lowest BCUT2D eigenvalue weighted by atomic mass is 10.2. The lowest BCUT2D eigenvalue weighted by Crippen LogP contribution is -2.37. The van der Waals surface area contributed by atoms with Gasteiger partial charge < -0.3 is 9.72 Å². The third kappa shape index (κ3) is 2.01. The Bertz CT molecular complexity index is 807. The van der Waals surface area contributed by atoms with E-state index in [2.05, 4.69) is 4.98 Å². The molecule has 0 unspecified atom stereocenters. The molecule has 1 aliphatic rings. The number of nitrogens with zero attached hydrogens (tertiary/aromatic N) is 1. The zero-order valence-corrected chi connectivity index (χ0v) is 12.3. The summed E-state index contributed by atoms with van der Waals surface area (Å²) in [5.74, 6) is 0.530. The smallest absolute Gasteiger partial charge is 0.306 e. The van der Waals surface area contributed by atoms with Crippen LogP contribution in [0.5, 0.6) is 5.75 Å². The summed E-state index contributed by atoms with van der Waals surface area (Å²) in [5, 5.41) is 0. The molecule has 8 heteroatoms. The van der Waals surface area contributed by atoms with Crippen LogP contribution in [0.1, 0.15) is 5.69 Å². The van der Waals surface area contributed by atoms with Crippen molar-refractivity contribution in [1.82, 2.24) is 4.98 Å². The zero-order chi connectivity index (χ0) is 14.3. The first-order valence-corrected chi connectivity index (χ1v) is 8.20. The zero-order valence-electron chi connectivity index (χ0n) is 10.6. The number of benzene rings is 1. The summed E-state index contributed by atoms with van der Waals surface area (Å²) >= 11 is 0.708. The third-order valence-electron chi connectivity index (χ3n) is 2.99. The number of hydrogen-bond acceptors (Lipinski definition) is 5. The lowest BCUT2D eigenvalue weighted by molar-refractivity contribution is 0.316. The van der Waals surface area contributed by atoms with E-state index in [0.29, 0.717) is 28.5 Å². The number of anilines is 1. The molecule has 0 spiro atoms. The molecule has 6 nitrogen and oxygen atoms in total. The van der Waals surface area contributed by atoms with E-state index >= 15 is 0 Å².